The average molecular weight is 621 g/mol. The fourth-order valence-electron chi connectivity index (χ4n) is 5.14. The van der Waals surface area contributed by atoms with Crippen LogP contribution in [0.15, 0.2) is 42.7 Å². The molecule has 0 radical (unpaired) electrons. The van der Waals surface area contributed by atoms with E-state index < -0.39 is 96.4 Å². The van der Waals surface area contributed by atoms with Crippen molar-refractivity contribution in [2.45, 2.75) is 64.2 Å². The molecule has 3 aliphatic heterocycles. The van der Waals surface area contributed by atoms with Crippen molar-refractivity contribution in [3.05, 3.63) is 48.3 Å². The van der Waals surface area contributed by atoms with Gasteiger partial charge in [-0.2, -0.15) is 0 Å². The number of phenolic OH excluding ortho intramolecular Hbond substituents is 2. The van der Waals surface area contributed by atoms with Gasteiger partial charge >= 0.3 is 29.8 Å². The molecule has 0 amide bonds. The van der Waals surface area contributed by atoms with Gasteiger partial charge in [-0.25, -0.2) is 9.59 Å². The van der Waals surface area contributed by atoms with E-state index in [1.54, 1.807) is 0 Å². The van der Waals surface area contributed by atoms with E-state index in [1.807, 2.05) is 0 Å². The second kappa shape index (κ2) is 13.8. The number of carbonyl (C=O) groups excluding carboxylic acids is 5. The van der Waals surface area contributed by atoms with Crippen LogP contribution in [0, 0.1) is 11.8 Å². The summed E-state index contributed by atoms with van der Waals surface area (Å²) >= 11 is 0. The molecule has 2 N–H and O–H groups in total. The van der Waals surface area contributed by atoms with E-state index >= 15 is 0 Å². The van der Waals surface area contributed by atoms with Gasteiger partial charge in [-0.05, 0) is 18.6 Å². The smallest absolute Gasteiger partial charge is 0.342 e. The molecular formula is C29H32O15. The van der Waals surface area contributed by atoms with Crippen molar-refractivity contribution < 1.29 is 72.1 Å². The Labute approximate surface area is 251 Å². The molecule has 0 saturated carbocycles. The number of aromatic hydroxyl groups is 2. The van der Waals surface area contributed by atoms with Crippen molar-refractivity contribution in [3.8, 4) is 11.5 Å². The van der Waals surface area contributed by atoms with Crippen LogP contribution in [0.5, 0.6) is 11.5 Å². The van der Waals surface area contributed by atoms with Crippen LogP contribution < -0.4 is 0 Å². The van der Waals surface area contributed by atoms with Crippen LogP contribution in [0.4, 0.5) is 0 Å². The van der Waals surface area contributed by atoms with Gasteiger partial charge in [0.1, 0.15) is 18.3 Å². The molecule has 1 aromatic rings. The summed E-state index contributed by atoms with van der Waals surface area (Å²) in [6, 6.07) is 3.58. The number of esters is 5. The number of para-hydroxylation sites is 1. The Balaban J connectivity index is 1.70. The largest absolute Gasteiger partial charge is 0.504 e. The summed E-state index contributed by atoms with van der Waals surface area (Å²) in [5.74, 6) is -6.54. The average Bonchev–Trinajstić information content (AvgIpc) is 2.96. The fraction of sp³-hybridized carbons (Fsp3) is 0.483. The molecule has 0 spiro atoms. The number of hydrogen-bond acceptors (Lipinski definition) is 15. The summed E-state index contributed by atoms with van der Waals surface area (Å²) in [5.41, 5.74) is -0.159. The molecule has 0 aliphatic carbocycles. The van der Waals surface area contributed by atoms with E-state index in [1.165, 1.54) is 18.4 Å². The number of benzene rings is 1. The number of rotatable bonds is 9. The Kier molecular flexibility index (Phi) is 10.1. The predicted molar refractivity (Wildman–Crippen MR) is 142 cm³/mol. The van der Waals surface area contributed by atoms with Crippen molar-refractivity contribution in [2.75, 3.05) is 13.2 Å². The molecule has 8 atom stereocenters. The molecule has 4 rings (SSSR count). The van der Waals surface area contributed by atoms with E-state index in [4.69, 9.17) is 37.9 Å². The first-order valence-corrected chi connectivity index (χ1v) is 13.6. The zero-order chi connectivity index (χ0) is 32.1. The summed E-state index contributed by atoms with van der Waals surface area (Å²) in [6.07, 6.45) is -5.69. The zero-order valence-corrected chi connectivity index (χ0v) is 24.0. The predicted octanol–water partition coefficient (Wildman–Crippen LogP) is 1.40. The van der Waals surface area contributed by atoms with Crippen LogP contribution in [0.2, 0.25) is 0 Å². The summed E-state index contributed by atoms with van der Waals surface area (Å²) in [6.45, 7) is 6.70. The first kappa shape index (κ1) is 32.3. The molecule has 0 aromatic heterocycles. The molecule has 0 unspecified atom stereocenters. The maximum atomic E-state index is 13.2. The van der Waals surface area contributed by atoms with Crippen LogP contribution >= 0.6 is 0 Å². The number of carbonyl (C=O) groups is 5. The van der Waals surface area contributed by atoms with Crippen molar-refractivity contribution in [1.82, 2.24) is 0 Å². The van der Waals surface area contributed by atoms with Gasteiger partial charge in [0, 0.05) is 32.6 Å². The number of hydrogen-bond donors (Lipinski definition) is 2. The Hall–Kier alpha value is -4.63. The van der Waals surface area contributed by atoms with Crippen LogP contribution in [0.1, 0.15) is 37.6 Å². The van der Waals surface area contributed by atoms with Crippen molar-refractivity contribution in [3.63, 3.8) is 0 Å². The first-order chi connectivity index (χ1) is 20.9. The molecule has 3 aliphatic rings. The maximum Gasteiger partial charge on any atom is 0.342 e. The molecule has 1 aromatic carbocycles. The highest BCUT2D eigenvalue weighted by Crippen LogP contribution is 2.40. The number of ether oxygens (including phenoxy) is 8. The quantitative estimate of drug-likeness (QED) is 0.174. The number of cyclic esters (lactones) is 1. The molecule has 3 heterocycles. The third-order valence-electron chi connectivity index (χ3n) is 7.07. The molecule has 2 fully saturated rings. The second-order valence-corrected chi connectivity index (χ2v) is 10.1. The van der Waals surface area contributed by atoms with Crippen LogP contribution in [-0.2, 0) is 57.1 Å². The minimum absolute atomic E-state index is 0.161. The number of fused-ring (bicyclic) bond motifs is 1. The highest BCUT2D eigenvalue weighted by atomic mass is 16.8. The topological polar surface area (TPSA) is 200 Å². The van der Waals surface area contributed by atoms with Crippen LogP contribution in [0.3, 0.4) is 0 Å². The third-order valence-corrected chi connectivity index (χ3v) is 7.07. The number of phenols is 2. The Morgan fingerprint density at radius 1 is 0.977 bits per heavy atom. The first-order valence-electron chi connectivity index (χ1n) is 13.6. The standard InChI is InChI=1S/C29H32O15/c1-5-16-17-9-10-37-26(35)19(17)11-39-28(16)44-29-25(41-15(4)32)24(40-14(3)31)23(21(42-29)12-38-13(2)30)43-27(36)18-7-6-8-20(33)22(18)34/h5-8,11,16-17,21,23-25,28-29,33-34H,1,9-10,12H2,2-4H3/t16-,17-,21-,23-,24+,25-,28-,29+/m1/s1. The van der Waals surface area contributed by atoms with E-state index in [0.717, 1.165) is 32.9 Å². The van der Waals surface area contributed by atoms with Crippen LogP contribution in [0.25, 0.3) is 0 Å². The Bertz CT molecular complexity index is 1340. The minimum atomic E-state index is -1.60. The van der Waals surface area contributed by atoms with E-state index in [2.05, 4.69) is 6.58 Å². The lowest BCUT2D eigenvalue weighted by Gasteiger charge is -2.46. The van der Waals surface area contributed by atoms with E-state index in [-0.39, 0.29) is 18.1 Å². The van der Waals surface area contributed by atoms with Gasteiger partial charge in [-0.3, -0.25) is 14.4 Å². The lowest BCUT2D eigenvalue weighted by molar-refractivity contribution is -0.341. The SMILES string of the molecule is C=C[C@H]1[C@@H](O[C@@H]2O[C@H](COC(C)=O)[C@@H](OC(=O)c3cccc(O)c3O)[C@H](OC(C)=O)[C@H]2OC(C)=O)OC=C2C(=O)OCC[C@@H]21. The molecule has 15 heteroatoms. The lowest BCUT2D eigenvalue weighted by Crippen LogP contribution is -2.63. The highest BCUT2D eigenvalue weighted by Gasteiger charge is 2.55. The van der Waals surface area contributed by atoms with Crippen molar-refractivity contribution in [1.29, 1.82) is 0 Å². The van der Waals surface area contributed by atoms with Crippen molar-refractivity contribution in [2.24, 2.45) is 11.8 Å². The lowest BCUT2D eigenvalue weighted by atomic mass is 9.81. The summed E-state index contributed by atoms with van der Waals surface area (Å²) in [4.78, 5) is 61.6. The van der Waals surface area contributed by atoms with Gasteiger partial charge in [0.25, 0.3) is 0 Å². The van der Waals surface area contributed by atoms with Crippen molar-refractivity contribution >= 4 is 29.8 Å². The van der Waals surface area contributed by atoms with Gasteiger partial charge in [0.05, 0.1) is 18.4 Å². The van der Waals surface area contributed by atoms with Gasteiger partial charge in [0.2, 0.25) is 12.6 Å². The van der Waals surface area contributed by atoms with Gasteiger partial charge < -0.3 is 48.1 Å². The van der Waals surface area contributed by atoms with Gasteiger partial charge in [0.15, 0.2) is 29.8 Å². The second-order valence-electron chi connectivity index (χ2n) is 10.1. The molecule has 238 valence electrons. The Morgan fingerprint density at radius 2 is 1.68 bits per heavy atom. The van der Waals surface area contributed by atoms with E-state index in [9.17, 15) is 34.2 Å². The normalized spacial score (nSPS) is 29.4. The maximum absolute atomic E-state index is 13.2. The minimum Gasteiger partial charge on any atom is -0.504 e. The monoisotopic (exact) mass is 620 g/mol. The Morgan fingerprint density at radius 3 is 2.34 bits per heavy atom. The van der Waals surface area contributed by atoms with Crippen LogP contribution in [-0.4, -0.2) is 90.3 Å². The van der Waals surface area contributed by atoms with Gasteiger partial charge in [-0.15, -0.1) is 6.58 Å². The summed E-state index contributed by atoms with van der Waals surface area (Å²) in [5, 5.41) is 20.1. The third kappa shape index (κ3) is 7.11. The highest BCUT2D eigenvalue weighted by molar-refractivity contribution is 5.93. The zero-order valence-electron chi connectivity index (χ0n) is 24.0. The molecule has 44 heavy (non-hydrogen) atoms. The van der Waals surface area contributed by atoms with E-state index in [0.29, 0.717) is 6.42 Å². The fourth-order valence-corrected chi connectivity index (χ4v) is 5.14. The summed E-state index contributed by atoms with van der Waals surface area (Å²) < 4.78 is 44.6. The van der Waals surface area contributed by atoms with Gasteiger partial charge in [-0.1, -0.05) is 12.1 Å². The summed E-state index contributed by atoms with van der Waals surface area (Å²) in [7, 11) is 0. The molecular weight excluding hydrogens is 588 g/mol. The molecule has 15 nitrogen and oxygen atoms in total. The molecule has 0 bridgehead atoms. The molecule has 2 saturated heterocycles.